The van der Waals surface area contributed by atoms with E-state index in [2.05, 4.69) is 10.3 Å². The summed E-state index contributed by atoms with van der Waals surface area (Å²) in [6.45, 7) is 0. The number of aromatic amines is 2. The molecule has 0 atom stereocenters. The molecule has 0 fully saturated rings. The Hall–Kier alpha value is -1.26. The maximum Gasteiger partial charge on any atom is 0.395 e. The minimum absolute atomic E-state index is 0.359. The molecule has 1 aromatic rings. The summed E-state index contributed by atoms with van der Waals surface area (Å²) in [5.74, 6) is 0. The second kappa shape index (κ2) is 1.11. The van der Waals surface area contributed by atoms with Crippen LogP contribution in [0, 0.1) is 0 Å². The molecule has 0 saturated heterocycles. The van der Waals surface area contributed by atoms with Crippen LogP contribution >= 0.6 is 0 Å². The van der Waals surface area contributed by atoms with Gasteiger partial charge in [0.2, 0.25) is 0 Å². The highest BCUT2D eigenvalue weighted by molar-refractivity contribution is 4.53. The third-order valence-corrected chi connectivity index (χ3v) is 0.533. The van der Waals surface area contributed by atoms with E-state index in [1.807, 2.05) is 0 Å². The molecule has 0 spiro atoms. The number of hydrogen-bond donors (Lipinski definition) is 3. The van der Waals surface area contributed by atoms with Crippen LogP contribution < -0.4 is 10.4 Å². The fraction of sp³-hybridized carbons (Fsp3) is 0. The van der Waals surface area contributed by atoms with Crippen molar-refractivity contribution in [3.8, 4) is 0 Å². The lowest BCUT2D eigenvalue weighted by Crippen LogP contribution is -2.31. The molecule has 0 saturated carbocycles. The van der Waals surface area contributed by atoms with Gasteiger partial charge in [0, 0.05) is 4.85 Å². The molecule has 0 aliphatic heterocycles. The summed E-state index contributed by atoms with van der Waals surface area (Å²) < 4.78 is 0. The van der Waals surface area contributed by atoms with Gasteiger partial charge < -0.3 is 5.21 Å². The first-order valence-corrected chi connectivity index (χ1v) is 1.67. The van der Waals surface area contributed by atoms with E-state index in [9.17, 15) is 4.79 Å². The van der Waals surface area contributed by atoms with Gasteiger partial charge in [0.1, 0.15) is 0 Å². The van der Waals surface area contributed by atoms with Crippen molar-refractivity contribution in [3.63, 3.8) is 0 Å². The predicted octanol–water partition coefficient (Wildman–Crippen LogP) is -1.77. The molecule has 0 aliphatic rings. The zero-order chi connectivity index (χ0) is 5.28. The van der Waals surface area contributed by atoms with E-state index >= 15 is 0 Å². The molecular formula is C2H4N3O2+. The van der Waals surface area contributed by atoms with Crippen LogP contribution in [0.3, 0.4) is 0 Å². The minimum Gasteiger partial charge on any atom is -0.331 e. The molecular weight excluding hydrogens is 98.0 g/mol. The molecule has 0 aromatic carbocycles. The number of rotatable bonds is 0. The molecule has 0 amide bonds. The van der Waals surface area contributed by atoms with Gasteiger partial charge in [0.25, 0.3) is 6.20 Å². The van der Waals surface area contributed by atoms with Crippen molar-refractivity contribution >= 4 is 0 Å². The van der Waals surface area contributed by atoms with Gasteiger partial charge in [0.15, 0.2) is 0 Å². The Morgan fingerprint density at radius 2 is 2.57 bits per heavy atom. The lowest BCUT2D eigenvalue weighted by molar-refractivity contribution is -0.948. The highest BCUT2D eigenvalue weighted by atomic mass is 16.5. The summed E-state index contributed by atoms with van der Waals surface area (Å²) in [6, 6.07) is 0. The van der Waals surface area contributed by atoms with Crippen LogP contribution in [0.2, 0.25) is 0 Å². The SMILES string of the molecule is O=c1c[n+](O)[nH][nH]1. The lowest BCUT2D eigenvalue weighted by Gasteiger charge is -1.66. The Labute approximate surface area is 38.1 Å². The molecule has 5 heteroatoms. The third kappa shape index (κ3) is 0.594. The second-order valence-corrected chi connectivity index (χ2v) is 1.07. The lowest BCUT2D eigenvalue weighted by atomic mass is 10.9. The van der Waals surface area contributed by atoms with E-state index in [4.69, 9.17) is 5.21 Å². The van der Waals surface area contributed by atoms with Crippen LogP contribution in [0.5, 0.6) is 0 Å². The minimum atomic E-state index is -0.359. The quantitative estimate of drug-likeness (QED) is 0.268. The molecule has 0 aliphatic carbocycles. The average molecular weight is 102 g/mol. The molecule has 7 heavy (non-hydrogen) atoms. The van der Waals surface area contributed by atoms with Gasteiger partial charge in [-0.3, -0.25) is 0 Å². The summed E-state index contributed by atoms with van der Waals surface area (Å²) >= 11 is 0. The summed E-state index contributed by atoms with van der Waals surface area (Å²) in [4.78, 5) is 10.6. The smallest absolute Gasteiger partial charge is 0.331 e. The maximum absolute atomic E-state index is 10.0. The molecule has 5 nitrogen and oxygen atoms in total. The van der Waals surface area contributed by atoms with Gasteiger partial charge in [-0.05, 0) is 0 Å². The van der Waals surface area contributed by atoms with Gasteiger partial charge in [-0.2, -0.15) is 0 Å². The number of nitrogens with zero attached hydrogens (tertiary/aromatic N) is 1. The number of nitrogens with one attached hydrogen (secondary N) is 2. The summed E-state index contributed by atoms with van der Waals surface area (Å²) in [5.41, 5.74) is -0.359. The first-order valence-electron chi connectivity index (χ1n) is 1.67. The Morgan fingerprint density at radius 3 is 2.71 bits per heavy atom. The first-order chi connectivity index (χ1) is 3.29. The van der Waals surface area contributed by atoms with E-state index in [0.717, 1.165) is 6.20 Å². The number of hydrogen-bond acceptors (Lipinski definition) is 2. The van der Waals surface area contributed by atoms with E-state index in [0.29, 0.717) is 4.85 Å². The van der Waals surface area contributed by atoms with Gasteiger partial charge in [-0.25, -0.2) is 4.79 Å². The fourth-order valence-electron chi connectivity index (χ4n) is 0.288. The molecule has 0 unspecified atom stereocenters. The average Bonchev–Trinajstić information content (AvgIpc) is 1.87. The zero-order valence-electron chi connectivity index (χ0n) is 3.38. The summed E-state index contributed by atoms with van der Waals surface area (Å²) in [5, 5.41) is 12.5. The van der Waals surface area contributed by atoms with Crippen LogP contribution in [0.25, 0.3) is 0 Å². The topological polar surface area (TPSA) is 72.8 Å². The van der Waals surface area contributed by atoms with Gasteiger partial charge in [-0.1, -0.05) is 5.21 Å². The van der Waals surface area contributed by atoms with Crippen molar-refractivity contribution < 1.29 is 10.1 Å². The van der Waals surface area contributed by atoms with E-state index in [1.165, 1.54) is 0 Å². The van der Waals surface area contributed by atoms with Crippen LogP contribution in [-0.2, 0) is 0 Å². The molecule has 1 heterocycles. The molecule has 0 bridgehead atoms. The highest BCUT2D eigenvalue weighted by Crippen LogP contribution is 1.38. The van der Waals surface area contributed by atoms with Crippen LogP contribution in [0.15, 0.2) is 11.0 Å². The van der Waals surface area contributed by atoms with E-state index < -0.39 is 0 Å². The Bertz CT molecular complexity index is 199. The first kappa shape index (κ1) is 3.91. The van der Waals surface area contributed by atoms with Crippen molar-refractivity contribution in [3.05, 3.63) is 16.6 Å². The van der Waals surface area contributed by atoms with Crippen molar-refractivity contribution in [2.75, 3.05) is 0 Å². The van der Waals surface area contributed by atoms with Crippen LogP contribution in [0.4, 0.5) is 0 Å². The van der Waals surface area contributed by atoms with Crippen molar-refractivity contribution in [1.82, 2.24) is 10.3 Å². The monoisotopic (exact) mass is 102 g/mol. The second-order valence-electron chi connectivity index (χ2n) is 1.07. The standard InChI is InChI=1S/C2H3N3O2/c6-2-1-5(7)4-3-2/h1,6-7H/p+1. The molecule has 1 rings (SSSR count). The van der Waals surface area contributed by atoms with Crippen molar-refractivity contribution in [1.29, 1.82) is 0 Å². The molecule has 38 valence electrons. The van der Waals surface area contributed by atoms with Crippen LogP contribution in [0.1, 0.15) is 0 Å². The Kier molecular flexibility index (Phi) is 0.619. The highest BCUT2D eigenvalue weighted by Gasteiger charge is 1.92. The molecule has 1 aromatic heterocycles. The van der Waals surface area contributed by atoms with Gasteiger partial charge in [0.05, 0.1) is 0 Å². The third-order valence-electron chi connectivity index (χ3n) is 0.533. The largest absolute Gasteiger partial charge is 0.395 e. The molecule has 3 N–H and O–H groups in total. The van der Waals surface area contributed by atoms with E-state index in [1.54, 1.807) is 0 Å². The number of aromatic nitrogens is 3. The van der Waals surface area contributed by atoms with Gasteiger partial charge in [-0.15, -0.1) is 5.10 Å². The zero-order valence-corrected chi connectivity index (χ0v) is 3.38. The van der Waals surface area contributed by atoms with E-state index in [-0.39, 0.29) is 5.56 Å². The fourth-order valence-corrected chi connectivity index (χ4v) is 0.288. The van der Waals surface area contributed by atoms with Crippen molar-refractivity contribution in [2.24, 2.45) is 0 Å². The van der Waals surface area contributed by atoms with Crippen molar-refractivity contribution in [2.45, 2.75) is 0 Å². The Balaban J connectivity index is 3.30. The van der Waals surface area contributed by atoms with Gasteiger partial charge >= 0.3 is 5.56 Å². The number of H-pyrrole nitrogens is 2. The summed E-state index contributed by atoms with van der Waals surface area (Å²) in [7, 11) is 0. The Morgan fingerprint density at radius 1 is 1.86 bits per heavy atom. The maximum atomic E-state index is 10.0. The predicted molar refractivity (Wildman–Crippen MR) is 18.8 cm³/mol. The normalized spacial score (nSPS) is 9.14. The van der Waals surface area contributed by atoms with Crippen LogP contribution in [-0.4, -0.2) is 15.5 Å². The molecule has 0 radical (unpaired) electrons. The summed E-state index contributed by atoms with van der Waals surface area (Å²) in [6.07, 6.45) is 0.972.